The van der Waals surface area contributed by atoms with E-state index in [4.69, 9.17) is 10.2 Å². The van der Waals surface area contributed by atoms with Crippen molar-refractivity contribution >= 4 is 29.3 Å². The Balaban J connectivity index is 4.30. The summed E-state index contributed by atoms with van der Waals surface area (Å²) in [5.41, 5.74) is -7.28. The Morgan fingerprint density at radius 2 is 0.880 bits per heavy atom. The lowest BCUT2D eigenvalue weighted by Crippen LogP contribution is -2.25. The van der Waals surface area contributed by atoms with Crippen LogP contribution in [-0.4, -0.2) is 64.6 Å². The molecule has 0 heterocycles. The number of benzene rings is 1. The van der Waals surface area contributed by atoms with Crippen LogP contribution >= 0.6 is 0 Å². The van der Waals surface area contributed by atoms with Gasteiger partial charge in [0.05, 0.1) is 27.8 Å². The molecule has 0 atom stereocenters. The van der Waals surface area contributed by atoms with Gasteiger partial charge in [0.15, 0.2) is 37.4 Å². The molecule has 11 heteroatoms. The molecule has 0 aliphatic carbocycles. The number of phenols is 1. The molecule has 0 radical (unpaired) electrons. The van der Waals surface area contributed by atoms with E-state index in [0.29, 0.717) is 0 Å². The number of carboxylic acid groups (broad SMARTS) is 2. The molecule has 1 aromatic carbocycles. The van der Waals surface area contributed by atoms with Gasteiger partial charge in [-0.25, -0.2) is 22.8 Å². The summed E-state index contributed by atoms with van der Waals surface area (Å²) in [5, 5.41) is 28.2. The minimum Gasteiger partial charge on any atom is -0.506 e. The van der Waals surface area contributed by atoms with Gasteiger partial charge in [-0.15, -0.1) is 0 Å². The highest BCUT2D eigenvalue weighted by molar-refractivity contribution is 6.23. The van der Waals surface area contributed by atoms with Gasteiger partial charge in [0.2, 0.25) is 0 Å². The van der Waals surface area contributed by atoms with Crippen molar-refractivity contribution < 1.29 is 52.5 Å². The zero-order chi connectivity index (χ0) is 19.5. The highest BCUT2D eigenvalue weighted by atomic mass is 19.1. The number of rotatable bonds is 8. The molecule has 0 saturated heterocycles. The third-order valence-electron chi connectivity index (χ3n) is 3.10. The highest BCUT2D eigenvalue weighted by Crippen LogP contribution is 2.35. The first kappa shape index (κ1) is 19.8. The summed E-state index contributed by atoms with van der Waals surface area (Å²) in [7, 11) is 0. The zero-order valence-corrected chi connectivity index (χ0v) is 12.1. The fraction of sp³-hybridized carbons (Fsp3) is 0.214. The summed E-state index contributed by atoms with van der Waals surface area (Å²) in [5.74, 6) is -11.2. The number of carbonyl (C=O) groups is 5. The van der Waals surface area contributed by atoms with E-state index in [-0.39, 0.29) is 0 Å². The third kappa shape index (κ3) is 3.34. The molecule has 1 rings (SSSR count). The minimum atomic E-state index is -2.19. The maximum absolute atomic E-state index is 12.7. The van der Waals surface area contributed by atoms with E-state index in [9.17, 15) is 42.3 Å². The number of alkyl halides is 3. The van der Waals surface area contributed by atoms with Gasteiger partial charge in [-0.05, 0) is 0 Å². The summed E-state index contributed by atoms with van der Waals surface area (Å²) >= 11 is 0. The maximum Gasteiger partial charge on any atom is 0.337 e. The molecular weight excluding hydrogens is 353 g/mol. The Kier molecular flexibility index (Phi) is 5.98. The van der Waals surface area contributed by atoms with Crippen molar-refractivity contribution in [1.29, 1.82) is 0 Å². The van der Waals surface area contributed by atoms with Crippen LogP contribution in [0.2, 0.25) is 0 Å². The van der Waals surface area contributed by atoms with Gasteiger partial charge in [-0.1, -0.05) is 0 Å². The van der Waals surface area contributed by atoms with Gasteiger partial charge >= 0.3 is 11.9 Å². The van der Waals surface area contributed by atoms with Crippen molar-refractivity contribution in [1.82, 2.24) is 0 Å². The molecule has 8 nitrogen and oxygen atoms in total. The molecule has 0 amide bonds. The molecule has 0 bridgehead atoms. The molecular formula is C14H9F3O8. The number of aromatic carboxylic acids is 2. The molecule has 0 aromatic heterocycles. The van der Waals surface area contributed by atoms with Crippen LogP contribution in [-0.2, 0) is 0 Å². The summed E-state index contributed by atoms with van der Waals surface area (Å²) in [6.07, 6.45) is 0. The average Bonchev–Trinajstić information content (AvgIpc) is 2.57. The number of hydrogen-bond donors (Lipinski definition) is 3. The van der Waals surface area contributed by atoms with Gasteiger partial charge in [0.1, 0.15) is 5.75 Å². The number of ketones is 3. The second kappa shape index (κ2) is 7.55. The minimum absolute atomic E-state index is 1.40. The Morgan fingerprint density at radius 3 is 1.20 bits per heavy atom. The van der Waals surface area contributed by atoms with Gasteiger partial charge in [0.25, 0.3) is 0 Å². The Bertz CT molecular complexity index is 800. The van der Waals surface area contributed by atoms with E-state index < -0.39 is 82.9 Å². The number of halogens is 3. The fourth-order valence-electron chi connectivity index (χ4n) is 2.19. The van der Waals surface area contributed by atoms with Gasteiger partial charge in [-0.3, -0.25) is 14.4 Å². The average molecular weight is 362 g/mol. The molecule has 0 spiro atoms. The number of hydrogen-bond acceptors (Lipinski definition) is 6. The lowest BCUT2D eigenvalue weighted by Gasteiger charge is -2.17. The van der Waals surface area contributed by atoms with Gasteiger partial charge in [-0.2, -0.15) is 0 Å². The van der Waals surface area contributed by atoms with Gasteiger partial charge in [0, 0.05) is 0 Å². The second-order valence-corrected chi connectivity index (χ2v) is 4.50. The zero-order valence-electron chi connectivity index (χ0n) is 12.1. The molecule has 1 aromatic rings. The van der Waals surface area contributed by atoms with E-state index in [2.05, 4.69) is 0 Å². The number of carbonyl (C=O) groups excluding carboxylic acids is 3. The molecule has 134 valence electrons. The van der Waals surface area contributed by atoms with Crippen LogP contribution < -0.4 is 0 Å². The van der Waals surface area contributed by atoms with Crippen molar-refractivity contribution in [2.75, 3.05) is 20.0 Å². The number of Topliss-reactive ketones (excluding diaryl/α,β-unsaturated/α-hetero) is 3. The van der Waals surface area contributed by atoms with Crippen LogP contribution in [0.1, 0.15) is 51.8 Å². The van der Waals surface area contributed by atoms with E-state index in [1.165, 1.54) is 0 Å². The molecule has 25 heavy (non-hydrogen) atoms. The van der Waals surface area contributed by atoms with Crippen LogP contribution in [0.5, 0.6) is 5.75 Å². The molecule has 0 saturated carbocycles. The van der Waals surface area contributed by atoms with E-state index in [0.717, 1.165) is 0 Å². The molecule has 0 fully saturated rings. The van der Waals surface area contributed by atoms with Crippen molar-refractivity contribution in [3.63, 3.8) is 0 Å². The summed E-state index contributed by atoms with van der Waals surface area (Å²) in [6.45, 7) is -5.71. The predicted octanol–water partition coefficient (Wildman–Crippen LogP) is 1.25. The van der Waals surface area contributed by atoms with Crippen LogP contribution in [0.15, 0.2) is 0 Å². The standard InChI is InChI=1S/C14H9F3O8/c15-1-4(18)7-8(5(19)2-16)12(21)9(6(20)3-17)11(14(24)25)10(7)13(22)23/h21H,1-3H2,(H,22,23)(H,24,25). The van der Waals surface area contributed by atoms with E-state index >= 15 is 0 Å². The highest BCUT2D eigenvalue weighted by Gasteiger charge is 2.37. The lowest BCUT2D eigenvalue weighted by molar-refractivity contribution is 0.0645. The SMILES string of the molecule is O=C(CF)c1c(O)c(C(=O)CF)c(C(=O)CF)c(C(=O)O)c1C(=O)O. The first-order valence-corrected chi connectivity index (χ1v) is 6.30. The molecule has 0 aliphatic rings. The van der Waals surface area contributed by atoms with Gasteiger partial charge < -0.3 is 15.3 Å². The van der Waals surface area contributed by atoms with Crippen molar-refractivity contribution in [3.8, 4) is 5.75 Å². The van der Waals surface area contributed by atoms with Crippen molar-refractivity contribution in [2.45, 2.75) is 0 Å². The second-order valence-electron chi connectivity index (χ2n) is 4.50. The van der Waals surface area contributed by atoms with Crippen LogP contribution in [0.3, 0.4) is 0 Å². The Labute approximate surface area is 136 Å². The largest absolute Gasteiger partial charge is 0.506 e. The number of phenolic OH excluding ortho intramolecular Hbond substituents is 1. The number of aromatic hydroxyl groups is 1. The first-order valence-electron chi connectivity index (χ1n) is 6.30. The third-order valence-corrected chi connectivity index (χ3v) is 3.10. The van der Waals surface area contributed by atoms with E-state index in [1.54, 1.807) is 0 Å². The van der Waals surface area contributed by atoms with Crippen molar-refractivity contribution in [3.05, 3.63) is 27.8 Å². The molecule has 0 unspecified atom stereocenters. The Morgan fingerprint density at radius 1 is 0.600 bits per heavy atom. The quantitative estimate of drug-likeness (QED) is 0.586. The first-order chi connectivity index (χ1) is 11.6. The predicted molar refractivity (Wildman–Crippen MR) is 72.9 cm³/mol. The molecule has 3 N–H and O–H groups in total. The molecule has 0 aliphatic heterocycles. The summed E-state index contributed by atoms with van der Waals surface area (Å²) < 4.78 is 38.1. The van der Waals surface area contributed by atoms with Crippen molar-refractivity contribution in [2.24, 2.45) is 0 Å². The fourth-order valence-corrected chi connectivity index (χ4v) is 2.19. The monoisotopic (exact) mass is 362 g/mol. The maximum atomic E-state index is 12.7. The van der Waals surface area contributed by atoms with Crippen LogP contribution in [0.25, 0.3) is 0 Å². The lowest BCUT2D eigenvalue weighted by atomic mass is 9.85. The number of carboxylic acids is 2. The van der Waals surface area contributed by atoms with E-state index in [1.807, 2.05) is 0 Å². The topological polar surface area (TPSA) is 146 Å². The summed E-state index contributed by atoms with van der Waals surface area (Å²) in [6, 6.07) is 0. The summed E-state index contributed by atoms with van der Waals surface area (Å²) in [4.78, 5) is 57.6. The Hall–Kier alpha value is -3.24. The normalized spacial score (nSPS) is 10.4. The van der Waals surface area contributed by atoms with Crippen LogP contribution in [0.4, 0.5) is 13.2 Å². The van der Waals surface area contributed by atoms with Crippen LogP contribution in [0, 0.1) is 0 Å². The smallest absolute Gasteiger partial charge is 0.337 e.